The van der Waals surface area contributed by atoms with Crippen LogP contribution in [-0.4, -0.2) is 37.4 Å². The summed E-state index contributed by atoms with van der Waals surface area (Å²) in [6.07, 6.45) is 1.41. The molecule has 2 heterocycles. The summed E-state index contributed by atoms with van der Waals surface area (Å²) in [4.78, 5) is 4.36. The maximum Gasteiger partial charge on any atom is 0.231 e. The number of rotatable bonds is 6. The summed E-state index contributed by atoms with van der Waals surface area (Å²) in [6.45, 7) is 1.28. The normalized spacial score (nSPS) is 16.2. The molecule has 0 aliphatic carbocycles. The van der Waals surface area contributed by atoms with Gasteiger partial charge in [-0.05, 0) is 30.0 Å². The number of hydrogen-bond donors (Lipinski definition) is 2. The number of benzene rings is 2. The largest absolute Gasteiger partial charge is 0.378 e. The smallest absolute Gasteiger partial charge is 0.231 e. The number of aliphatic imine (C=N–C) groups is 1. The summed E-state index contributed by atoms with van der Waals surface area (Å²) in [6, 6.07) is 16.8. The molecular formula is C22H23FN4O2. The molecule has 1 aliphatic rings. The monoisotopic (exact) mass is 394 g/mol. The van der Waals surface area contributed by atoms with Crippen LogP contribution in [0.4, 0.5) is 10.3 Å². The van der Waals surface area contributed by atoms with E-state index in [0.717, 1.165) is 16.8 Å². The molecule has 0 saturated carbocycles. The molecule has 0 amide bonds. The number of hydrogen-bond acceptors (Lipinski definition) is 6. The van der Waals surface area contributed by atoms with E-state index in [1.807, 2.05) is 48.5 Å². The summed E-state index contributed by atoms with van der Waals surface area (Å²) in [5, 5.41) is 10.3. The highest BCUT2D eigenvalue weighted by molar-refractivity contribution is 5.92. The first-order chi connectivity index (χ1) is 14.2. The molecule has 1 aromatic heterocycles. The Morgan fingerprint density at radius 1 is 1.17 bits per heavy atom. The maximum atomic E-state index is 14.5. The summed E-state index contributed by atoms with van der Waals surface area (Å²) >= 11 is 0. The molecule has 2 aromatic carbocycles. The van der Waals surface area contributed by atoms with Crippen LogP contribution in [0, 0.1) is 5.82 Å². The number of aryl methyl sites for hydroxylation is 2. The Kier molecular flexibility index (Phi) is 5.86. The SMILES string of the molecule is COC1CN=C(Nc2cc(CCc3ccc(-c4ccccc4)c(F)c3)no2)NC1. The lowest BCUT2D eigenvalue weighted by Crippen LogP contribution is -2.43. The third-order valence-corrected chi connectivity index (χ3v) is 4.87. The van der Waals surface area contributed by atoms with Gasteiger partial charge in [0.25, 0.3) is 0 Å². The highest BCUT2D eigenvalue weighted by Gasteiger charge is 2.15. The molecule has 0 spiro atoms. The number of halogens is 1. The van der Waals surface area contributed by atoms with Crippen molar-refractivity contribution in [2.24, 2.45) is 4.99 Å². The zero-order valence-electron chi connectivity index (χ0n) is 16.2. The van der Waals surface area contributed by atoms with E-state index in [1.54, 1.807) is 13.2 Å². The molecule has 0 saturated heterocycles. The lowest BCUT2D eigenvalue weighted by molar-refractivity contribution is 0.109. The van der Waals surface area contributed by atoms with Crippen molar-refractivity contribution in [2.75, 3.05) is 25.5 Å². The van der Waals surface area contributed by atoms with Gasteiger partial charge in [-0.1, -0.05) is 47.6 Å². The lowest BCUT2D eigenvalue weighted by Gasteiger charge is -2.21. The van der Waals surface area contributed by atoms with Gasteiger partial charge in [0.15, 0.2) is 5.96 Å². The van der Waals surface area contributed by atoms with Gasteiger partial charge in [-0.3, -0.25) is 10.3 Å². The Hall–Kier alpha value is -3.19. The fourth-order valence-corrected chi connectivity index (χ4v) is 3.21. The summed E-state index contributed by atoms with van der Waals surface area (Å²) < 4.78 is 25.1. The molecule has 0 fully saturated rings. The average Bonchev–Trinajstić information content (AvgIpc) is 3.21. The van der Waals surface area contributed by atoms with E-state index in [1.165, 1.54) is 0 Å². The van der Waals surface area contributed by atoms with E-state index >= 15 is 0 Å². The summed E-state index contributed by atoms with van der Waals surface area (Å²) in [7, 11) is 1.67. The fourth-order valence-electron chi connectivity index (χ4n) is 3.21. The Labute approximate surface area is 168 Å². The zero-order valence-corrected chi connectivity index (χ0v) is 16.2. The number of ether oxygens (including phenoxy) is 1. The molecule has 3 aromatic rings. The van der Waals surface area contributed by atoms with E-state index in [0.29, 0.717) is 43.3 Å². The number of anilines is 1. The quantitative estimate of drug-likeness (QED) is 0.668. The van der Waals surface area contributed by atoms with Crippen molar-refractivity contribution in [3.05, 3.63) is 71.7 Å². The van der Waals surface area contributed by atoms with Crippen LogP contribution in [0.15, 0.2) is 64.1 Å². The van der Waals surface area contributed by atoms with Gasteiger partial charge in [0.05, 0.1) is 18.3 Å². The van der Waals surface area contributed by atoms with Gasteiger partial charge in [0, 0.05) is 25.3 Å². The highest BCUT2D eigenvalue weighted by Crippen LogP contribution is 2.24. The van der Waals surface area contributed by atoms with Crippen LogP contribution in [0.25, 0.3) is 11.1 Å². The van der Waals surface area contributed by atoms with Crippen molar-refractivity contribution in [1.29, 1.82) is 0 Å². The van der Waals surface area contributed by atoms with E-state index < -0.39 is 0 Å². The Morgan fingerprint density at radius 2 is 2.03 bits per heavy atom. The van der Waals surface area contributed by atoms with Gasteiger partial charge in [-0.25, -0.2) is 4.39 Å². The molecule has 0 bridgehead atoms. The number of methoxy groups -OCH3 is 1. The van der Waals surface area contributed by atoms with E-state index in [-0.39, 0.29) is 11.9 Å². The predicted molar refractivity (Wildman–Crippen MR) is 110 cm³/mol. The minimum absolute atomic E-state index is 0.0829. The number of nitrogens with one attached hydrogen (secondary N) is 2. The van der Waals surface area contributed by atoms with Crippen molar-refractivity contribution in [3.63, 3.8) is 0 Å². The van der Waals surface area contributed by atoms with Gasteiger partial charge in [-0.15, -0.1) is 0 Å². The van der Waals surface area contributed by atoms with Gasteiger partial charge >= 0.3 is 0 Å². The summed E-state index contributed by atoms with van der Waals surface area (Å²) in [5.74, 6) is 0.944. The van der Waals surface area contributed by atoms with Gasteiger partial charge in [-0.2, -0.15) is 0 Å². The van der Waals surface area contributed by atoms with Gasteiger partial charge in [0.2, 0.25) is 5.88 Å². The average molecular weight is 394 g/mol. The van der Waals surface area contributed by atoms with Crippen molar-refractivity contribution in [3.8, 4) is 11.1 Å². The van der Waals surface area contributed by atoms with Crippen LogP contribution in [0.1, 0.15) is 11.3 Å². The first kappa shape index (κ1) is 19.1. The van der Waals surface area contributed by atoms with E-state index in [9.17, 15) is 4.39 Å². The highest BCUT2D eigenvalue weighted by atomic mass is 19.1. The zero-order chi connectivity index (χ0) is 20.1. The third kappa shape index (κ3) is 4.81. The molecule has 0 radical (unpaired) electrons. The molecule has 4 rings (SSSR count). The molecule has 29 heavy (non-hydrogen) atoms. The Morgan fingerprint density at radius 3 is 2.76 bits per heavy atom. The molecule has 2 N–H and O–H groups in total. The van der Waals surface area contributed by atoms with Crippen LogP contribution in [0.3, 0.4) is 0 Å². The number of nitrogens with zero attached hydrogens (tertiary/aromatic N) is 2. The standard InChI is InChI=1S/C22H23FN4O2/c1-28-18-13-24-22(25-14-18)26-21-12-17(27-29-21)9-7-15-8-10-19(20(23)11-15)16-5-3-2-4-6-16/h2-6,8,10-12,18H,7,9,13-14H2,1H3,(H2,24,25,26). The van der Waals surface area contributed by atoms with E-state index in [4.69, 9.17) is 9.26 Å². The Bertz CT molecular complexity index is 987. The molecule has 1 aliphatic heterocycles. The first-order valence-corrected chi connectivity index (χ1v) is 9.59. The molecule has 1 atom stereocenters. The predicted octanol–water partition coefficient (Wildman–Crippen LogP) is 3.65. The lowest BCUT2D eigenvalue weighted by atomic mass is 10.0. The Balaban J connectivity index is 1.34. The van der Waals surface area contributed by atoms with Crippen LogP contribution >= 0.6 is 0 Å². The molecular weight excluding hydrogens is 371 g/mol. The fraction of sp³-hybridized carbons (Fsp3) is 0.273. The minimum atomic E-state index is -0.216. The van der Waals surface area contributed by atoms with Crippen molar-refractivity contribution >= 4 is 11.8 Å². The third-order valence-electron chi connectivity index (χ3n) is 4.87. The van der Waals surface area contributed by atoms with Crippen LogP contribution < -0.4 is 10.6 Å². The van der Waals surface area contributed by atoms with Crippen molar-refractivity contribution in [2.45, 2.75) is 18.9 Å². The second kappa shape index (κ2) is 8.87. The topological polar surface area (TPSA) is 71.7 Å². The van der Waals surface area contributed by atoms with Gasteiger partial charge in [0.1, 0.15) is 5.82 Å². The van der Waals surface area contributed by atoms with Gasteiger partial charge < -0.3 is 14.6 Å². The number of aromatic nitrogens is 1. The minimum Gasteiger partial charge on any atom is -0.378 e. The van der Waals surface area contributed by atoms with E-state index in [2.05, 4.69) is 20.8 Å². The molecule has 6 nitrogen and oxygen atoms in total. The van der Waals surface area contributed by atoms with Crippen LogP contribution in [-0.2, 0) is 17.6 Å². The van der Waals surface area contributed by atoms with Crippen molar-refractivity contribution < 1.29 is 13.7 Å². The second-order valence-electron chi connectivity index (χ2n) is 6.92. The summed E-state index contributed by atoms with van der Waals surface area (Å²) in [5.41, 5.74) is 3.20. The molecule has 7 heteroatoms. The second-order valence-corrected chi connectivity index (χ2v) is 6.92. The number of guanidine groups is 1. The maximum absolute atomic E-state index is 14.5. The first-order valence-electron chi connectivity index (χ1n) is 9.59. The van der Waals surface area contributed by atoms with Crippen LogP contribution in [0.2, 0.25) is 0 Å². The van der Waals surface area contributed by atoms with Crippen molar-refractivity contribution in [1.82, 2.24) is 10.5 Å². The molecule has 150 valence electrons. The molecule has 1 unspecified atom stereocenters. The van der Waals surface area contributed by atoms with Crippen LogP contribution in [0.5, 0.6) is 0 Å².